The van der Waals surface area contributed by atoms with Gasteiger partial charge in [-0.1, -0.05) is 74.9 Å². The fourth-order valence-corrected chi connectivity index (χ4v) is 4.83. The Bertz CT molecular complexity index is 1390. The Balaban J connectivity index is 1.57. The van der Waals surface area contributed by atoms with Gasteiger partial charge in [-0.25, -0.2) is 4.98 Å². The molecule has 3 aromatic carbocycles. The largest absolute Gasteiger partial charge is 0.391 e. The van der Waals surface area contributed by atoms with Crippen molar-refractivity contribution in [3.63, 3.8) is 0 Å². The number of hydrogen-bond acceptors (Lipinski definition) is 4. The fourth-order valence-electron chi connectivity index (χ4n) is 4.83. The summed E-state index contributed by atoms with van der Waals surface area (Å²) in [6.45, 7) is 9.92. The lowest BCUT2D eigenvalue weighted by atomic mass is 9.86. The van der Waals surface area contributed by atoms with Gasteiger partial charge in [0.25, 0.3) is 5.91 Å². The highest BCUT2D eigenvalue weighted by Gasteiger charge is 2.20. The zero-order valence-electron chi connectivity index (χ0n) is 23.7. The number of nitrogens with zero attached hydrogens (tertiary/aromatic N) is 2. The molecule has 5 nitrogen and oxygen atoms in total. The summed E-state index contributed by atoms with van der Waals surface area (Å²) in [7, 11) is 0. The van der Waals surface area contributed by atoms with E-state index in [1.54, 1.807) is 4.90 Å². The molecule has 0 aliphatic carbocycles. The first kappa shape index (κ1) is 28.5. The molecule has 0 spiro atoms. The summed E-state index contributed by atoms with van der Waals surface area (Å²) in [5.74, 6) is -0.0745. The van der Waals surface area contributed by atoms with Gasteiger partial charge in [-0.15, -0.1) is 0 Å². The second-order valence-corrected chi connectivity index (χ2v) is 11.5. The van der Waals surface area contributed by atoms with E-state index < -0.39 is 6.10 Å². The molecule has 39 heavy (non-hydrogen) atoms. The lowest BCUT2D eigenvalue weighted by molar-refractivity contribution is 0.0608. The summed E-state index contributed by atoms with van der Waals surface area (Å²) < 4.78 is 0. The Kier molecular flexibility index (Phi) is 9.16. The Morgan fingerprint density at radius 3 is 2.38 bits per heavy atom. The van der Waals surface area contributed by atoms with Crippen molar-refractivity contribution in [3.8, 4) is 11.3 Å². The van der Waals surface area contributed by atoms with Crippen LogP contribution in [0.5, 0.6) is 0 Å². The van der Waals surface area contributed by atoms with Crippen molar-refractivity contribution in [3.05, 3.63) is 101 Å². The van der Waals surface area contributed by atoms with Crippen LogP contribution in [0.1, 0.15) is 60.7 Å². The van der Waals surface area contributed by atoms with Crippen LogP contribution in [0.2, 0.25) is 0 Å². The Morgan fingerprint density at radius 2 is 1.72 bits per heavy atom. The molecule has 1 amide bonds. The maximum Gasteiger partial charge on any atom is 0.253 e. The maximum atomic E-state index is 13.2. The topological polar surface area (TPSA) is 79.5 Å². The lowest BCUT2D eigenvalue weighted by Crippen LogP contribution is -2.39. The molecule has 1 aromatic heterocycles. The molecule has 1 atom stereocenters. The number of benzene rings is 3. The van der Waals surface area contributed by atoms with Crippen LogP contribution < -0.4 is 5.73 Å². The van der Waals surface area contributed by atoms with Crippen molar-refractivity contribution < 1.29 is 9.90 Å². The lowest BCUT2D eigenvalue weighted by Gasteiger charge is -2.26. The van der Waals surface area contributed by atoms with Gasteiger partial charge in [-0.3, -0.25) is 4.79 Å². The monoisotopic (exact) mass is 523 g/mol. The minimum atomic E-state index is -0.669. The maximum absolute atomic E-state index is 13.2. The molecule has 0 fully saturated rings. The van der Waals surface area contributed by atoms with Crippen molar-refractivity contribution in [2.75, 3.05) is 19.6 Å². The number of aryl methyl sites for hydroxylation is 2. The van der Waals surface area contributed by atoms with Gasteiger partial charge >= 0.3 is 0 Å². The first-order chi connectivity index (χ1) is 18.7. The van der Waals surface area contributed by atoms with Crippen LogP contribution in [0.25, 0.3) is 22.2 Å². The molecule has 0 bridgehead atoms. The quantitative estimate of drug-likeness (QED) is 0.256. The normalized spacial score (nSPS) is 12.5. The van der Waals surface area contributed by atoms with Crippen molar-refractivity contribution in [2.24, 2.45) is 5.73 Å². The standard InChI is InChI=1S/C34H41N3O2/c1-24-11-13-26(14-12-24)33(39)37(20-8-19-35)23-30(38)17-15-27-21-28-22-29(34(2,3)4)16-18-31(28)36-32(27)25-9-6-5-7-10-25/h5-7,9-14,16,18,21-22,30,38H,8,15,17,19-20,23,35H2,1-4H3. The smallest absolute Gasteiger partial charge is 0.253 e. The van der Waals surface area contributed by atoms with E-state index in [2.05, 4.69) is 57.2 Å². The SMILES string of the molecule is Cc1ccc(C(=O)N(CCCN)CC(O)CCc2cc3cc(C(C)(C)C)ccc3nc2-c2ccccc2)cc1. The van der Waals surface area contributed by atoms with E-state index in [-0.39, 0.29) is 17.9 Å². The number of aromatic nitrogens is 1. The Morgan fingerprint density at radius 1 is 1.00 bits per heavy atom. The predicted molar refractivity (Wildman–Crippen MR) is 161 cm³/mol. The molecule has 0 saturated heterocycles. The fraction of sp³-hybridized carbons (Fsp3) is 0.353. The van der Waals surface area contributed by atoms with Gasteiger partial charge in [-0.2, -0.15) is 0 Å². The van der Waals surface area contributed by atoms with Gasteiger partial charge in [0.15, 0.2) is 0 Å². The first-order valence-electron chi connectivity index (χ1n) is 13.9. The molecule has 3 N–H and O–H groups in total. The van der Waals surface area contributed by atoms with Crippen LogP contribution >= 0.6 is 0 Å². The van der Waals surface area contributed by atoms with E-state index in [0.717, 1.165) is 33.3 Å². The number of nitrogens with two attached hydrogens (primary N) is 1. The molecule has 0 saturated carbocycles. The number of aliphatic hydroxyl groups excluding tert-OH is 1. The van der Waals surface area contributed by atoms with Crippen LogP contribution in [0, 0.1) is 6.92 Å². The molecular formula is C34H41N3O2. The zero-order chi connectivity index (χ0) is 28.0. The van der Waals surface area contributed by atoms with Crippen LogP contribution in [-0.2, 0) is 11.8 Å². The molecule has 0 aliphatic heterocycles. The van der Waals surface area contributed by atoms with E-state index >= 15 is 0 Å². The van der Waals surface area contributed by atoms with Crippen LogP contribution in [0.15, 0.2) is 78.9 Å². The molecule has 4 rings (SSSR count). The molecular weight excluding hydrogens is 482 g/mol. The molecule has 5 heteroatoms. The van der Waals surface area contributed by atoms with Gasteiger partial charge in [0.1, 0.15) is 0 Å². The number of carbonyl (C=O) groups excluding carboxylic acids is 1. The number of rotatable bonds is 10. The third-order valence-electron chi connectivity index (χ3n) is 7.20. The van der Waals surface area contributed by atoms with Crippen molar-refractivity contribution in [2.45, 2.75) is 58.5 Å². The summed E-state index contributed by atoms with van der Waals surface area (Å²) in [5.41, 5.74) is 12.8. The van der Waals surface area contributed by atoms with Gasteiger partial charge in [-0.05, 0) is 79.6 Å². The summed E-state index contributed by atoms with van der Waals surface area (Å²) in [5, 5.41) is 12.2. The highest BCUT2D eigenvalue weighted by molar-refractivity contribution is 5.94. The van der Waals surface area contributed by atoms with E-state index in [1.165, 1.54) is 5.56 Å². The number of fused-ring (bicyclic) bond motifs is 1. The number of hydrogen-bond donors (Lipinski definition) is 2. The van der Waals surface area contributed by atoms with Crippen molar-refractivity contribution in [1.29, 1.82) is 0 Å². The first-order valence-corrected chi connectivity index (χ1v) is 13.9. The van der Waals surface area contributed by atoms with Crippen molar-refractivity contribution >= 4 is 16.8 Å². The average molecular weight is 524 g/mol. The van der Waals surface area contributed by atoms with Crippen molar-refractivity contribution in [1.82, 2.24) is 9.88 Å². The number of amides is 1. The second kappa shape index (κ2) is 12.5. The van der Waals surface area contributed by atoms with E-state index in [9.17, 15) is 9.90 Å². The van der Waals surface area contributed by atoms with E-state index in [0.29, 0.717) is 37.9 Å². The summed E-state index contributed by atoms with van der Waals surface area (Å²) >= 11 is 0. The average Bonchev–Trinajstić information content (AvgIpc) is 2.93. The minimum Gasteiger partial charge on any atom is -0.391 e. The Hall–Kier alpha value is -3.54. The zero-order valence-corrected chi connectivity index (χ0v) is 23.7. The molecule has 4 aromatic rings. The third-order valence-corrected chi connectivity index (χ3v) is 7.20. The third kappa shape index (κ3) is 7.31. The second-order valence-electron chi connectivity index (χ2n) is 11.5. The van der Waals surface area contributed by atoms with E-state index in [4.69, 9.17) is 10.7 Å². The minimum absolute atomic E-state index is 0.0413. The summed E-state index contributed by atoms with van der Waals surface area (Å²) in [6, 6.07) is 26.5. The van der Waals surface area contributed by atoms with Crippen LogP contribution in [0.4, 0.5) is 0 Å². The highest BCUT2D eigenvalue weighted by Crippen LogP contribution is 2.30. The van der Waals surface area contributed by atoms with Crippen LogP contribution in [-0.4, -0.2) is 46.6 Å². The van der Waals surface area contributed by atoms with E-state index in [1.807, 2.05) is 49.4 Å². The van der Waals surface area contributed by atoms with Gasteiger partial charge in [0.05, 0.1) is 17.3 Å². The number of pyridine rings is 1. The van der Waals surface area contributed by atoms with Gasteiger partial charge in [0, 0.05) is 29.6 Å². The molecule has 1 heterocycles. The summed E-state index contributed by atoms with van der Waals surface area (Å²) in [6.07, 6.45) is 1.19. The molecule has 1 unspecified atom stereocenters. The predicted octanol–water partition coefficient (Wildman–Crippen LogP) is 6.29. The molecule has 0 aliphatic rings. The summed E-state index contributed by atoms with van der Waals surface area (Å²) in [4.78, 5) is 20.0. The number of carbonyl (C=O) groups is 1. The van der Waals surface area contributed by atoms with Gasteiger partial charge < -0.3 is 15.7 Å². The van der Waals surface area contributed by atoms with Crippen LogP contribution in [0.3, 0.4) is 0 Å². The number of aliphatic hydroxyl groups is 1. The Labute approximate surface area is 232 Å². The van der Waals surface area contributed by atoms with Gasteiger partial charge in [0.2, 0.25) is 0 Å². The molecule has 204 valence electrons. The highest BCUT2D eigenvalue weighted by atomic mass is 16.3. The molecule has 0 radical (unpaired) electrons.